The lowest BCUT2D eigenvalue weighted by atomic mass is 10.1. The third-order valence-electron chi connectivity index (χ3n) is 3.29. The van der Waals surface area contributed by atoms with Gasteiger partial charge in [0.15, 0.2) is 0 Å². The SMILES string of the molecule is O=C(NCCN1CCCCC1)c1cc(Cl)cc(Br)c1. The van der Waals surface area contributed by atoms with Gasteiger partial charge in [-0.3, -0.25) is 4.79 Å². The maximum absolute atomic E-state index is 12.0. The molecule has 5 heteroatoms. The zero-order valence-corrected chi connectivity index (χ0v) is 13.1. The lowest BCUT2D eigenvalue weighted by Crippen LogP contribution is -2.37. The molecule has 0 radical (unpaired) electrons. The normalized spacial score (nSPS) is 16.3. The van der Waals surface area contributed by atoms with E-state index in [2.05, 4.69) is 26.1 Å². The molecule has 1 fully saturated rings. The third kappa shape index (κ3) is 4.79. The van der Waals surface area contributed by atoms with Crippen LogP contribution in [0.1, 0.15) is 29.6 Å². The number of hydrogen-bond donors (Lipinski definition) is 1. The highest BCUT2D eigenvalue weighted by atomic mass is 79.9. The van der Waals surface area contributed by atoms with Crippen LogP contribution in [0.2, 0.25) is 5.02 Å². The molecule has 2 rings (SSSR count). The average molecular weight is 346 g/mol. The Morgan fingerprint density at radius 1 is 1.26 bits per heavy atom. The molecule has 0 bridgehead atoms. The van der Waals surface area contributed by atoms with Crippen LogP contribution in [-0.4, -0.2) is 37.0 Å². The van der Waals surface area contributed by atoms with E-state index >= 15 is 0 Å². The van der Waals surface area contributed by atoms with Gasteiger partial charge >= 0.3 is 0 Å². The molecule has 0 aliphatic carbocycles. The molecule has 0 unspecified atom stereocenters. The molecule has 1 aliphatic rings. The van der Waals surface area contributed by atoms with E-state index in [4.69, 9.17) is 11.6 Å². The van der Waals surface area contributed by atoms with Crippen molar-refractivity contribution in [1.82, 2.24) is 10.2 Å². The van der Waals surface area contributed by atoms with Crippen molar-refractivity contribution in [2.24, 2.45) is 0 Å². The van der Waals surface area contributed by atoms with Gasteiger partial charge in [-0.15, -0.1) is 0 Å². The molecule has 1 N–H and O–H groups in total. The van der Waals surface area contributed by atoms with E-state index in [0.717, 1.165) is 24.1 Å². The van der Waals surface area contributed by atoms with Gasteiger partial charge in [0.05, 0.1) is 0 Å². The van der Waals surface area contributed by atoms with Gasteiger partial charge in [0.2, 0.25) is 0 Å². The predicted molar refractivity (Wildman–Crippen MR) is 81.8 cm³/mol. The first-order valence-electron chi connectivity index (χ1n) is 6.62. The minimum Gasteiger partial charge on any atom is -0.351 e. The molecule has 0 aromatic heterocycles. The number of carbonyl (C=O) groups is 1. The second-order valence-electron chi connectivity index (χ2n) is 4.82. The first kappa shape index (κ1) is 14.8. The molecule has 1 saturated heterocycles. The standard InChI is InChI=1S/C14H18BrClN2O/c15-12-8-11(9-13(16)10-12)14(19)17-4-7-18-5-2-1-3-6-18/h8-10H,1-7H2,(H,17,19). The van der Waals surface area contributed by atoms with E-state index in [0.29, 0.717) is 17.1 Å². The molecule has 104 valence electrons. The van der Waals surface area contributed by atoms with Gasteiger partial charge in [-0.2, -0.15) is 0 Å². The van der Waals surface area contributed by atoms with Gasteiger partial charge in [-0.1, -0.05) is 34.0 Å². The monoisotopic (exact) mass is 344 g/mol. The zero-order chi connectivity index (χ0) is 13.7. The summed E-state index contributed by atoms with van der Waals surface area (Å²) in [4.78, 5) is 14.4. The second kappa shape index (κ2) is 7.27. The predicted octanol–water partition coefficient (Wildman–Crippen LogP) is 3.32. The van der Waals surface area contributed by atoms with Crippen LogP contribution in [0.5, 0.6) is 0 Å². The van der Waals surface area contributed by atoms with Crippen molar-refractivity contribution in [2.45, 2.75) is 19.3 Å². The molecule has 1 aromatic carbocycles. The fraction of sp³-hybridized carbons (Fsp3) is 0.500. The fourth-order valence-electron chi connectivity index (χ4n) is 2.30. The van der Waals surface area contributed by atoms with Crippen LogP contribution in [0.3, 0.4) is 0 Å². The molecule has 0 saturated carbocycles. The summed E-state index contributed by atoms with van der Waals surface area (Å²) >= 11 is 9.27. The molecular formula is C14H18BrClN2O. The Kier molecular flexibility index (Phi) is 5.67. The second-order valence-corrected chi connectivity index (χ2v) is 6.17. The molecule has 3 nitrogen and oxygen atoms in total. The number of halogens is 2. The Labute approximate surface area is 127 Å². The van der Waals surface area contributed by atoms with Gasteiger partial charge in [-0.25, -0.2) is 0 Å². The Hall–Kier alpha value is -0.580. The van der Waals surface area contributed by atoms with E-state index in [1.807, 2.05) is 0 Å². The summed E-state index contributed by atoms with van der Waals surface area (Å²) in [5.41, 5.74) is 0.595. The van der Waals surface area contributed by atoms with Crippen molar-refractivity contribution < 1.29 is 4.79 Å². The Morgan fingerprint density at radius 2 is 2.00 bits per heavy atom. The van der Waals surface area contributed by atoms with Gasteiger partial charge in [0.1, 0.15) is 0 Å². The molecular weight excluding hydrogens is 328 g/mol. The molecule has 1 heterocycles. The number of hydrogen-bond acceptors (Lipinski definition) is 2. The number of piperidine rings is 1. The smallest absolute Gasteiger partial charge is 0.251 e. The van der Waals surface area contributed by atoms with E-state index in [1.54, 1.807) is 18.2 Å². The van der Waals surface area contributed by atoms with Crippen LogP contribution in [0.4, 0.5) is 0 Å². The van der Waals surface area contributed by atoms with Crippen molar-refractivity contribution in [1.29, 1.82) is 0 Å². The highest BCUT2D eigenvalue weighted by Gasteiger charge is 2.11. The summed E-state index contributed by atoms with van der Waals surface area (Å²) in [6, 6.07) is 5.23. The van der Waals surface area contributed by atoms with Crippen molar-refractivity contribution in [3.05, 3.63) is 33.3 Å². The quantitative estimate of drug-likeness (QED) is 0.908. The van der Waals surface area contributed by atoms with Crippen molar-refractivity contribution in [3.63, 3.8) is 0 Å². The Balaban J connectivity index is 1.80. The first-order valence-corrected chi connectivity index (χ1v) is 7.79. The number of nitrogens with one attached hydrogen (secondary N) is 1. The molecule has 0 spiro atoms. The molecule has 1 amide bonds. The van der Waals surface area contributed by atoms with E-state index in [-0.39, 0.29) is 5.91 Å². The first-order chi connectivity index (χ1) is 9.15. The van der Waals surface area contributed by atoms with Gasteiger partial charge < -0.3 is 10.2 Å². The van der Waals surface area contributed by atoms with Crippen LogP contribution in [0.25, 0.3) is 0 Å². The maximum atomic E-state index is 12.0. The molecule has 19 heavy (non-hydrogen) atoms. The summed E-state index contributed by atoms with van der Waals surface area (Å²) in [5, 5.41) is 3.51. The van der Waals surface area contributed by atoms with Gasteiger partial charge in [0.25, 0.3) is 5.91 Å². The summed E-state index contributed by atoms with van der Waals surface area (Å²) in [7, 11) is 0. The molecule has 1 aliphatic heterocycles. The molecule has 0 atom stereocenters. The number of rotatable bonds is 4. The highest BCUT2D eigenvalue weighted by molar-refractivity contribution is 9.10. The van der Waals surface area contributed by atoms with E-state index in [9.17, 15) is 4.79 Å². The number of nitrogens with zero attached hydrogens (tertiary/aromatic N) is 1. The Morgan fingerprint density at radius 3 is 2.68 bits per heavy atom. The zero-order valence-electron chi connectivity index (χ0n) is 10.8. The fourth-order valence-corrected chi connectivity index (χ4v) is 3.16. The van der Waals surface area contributed by atoms with Gasteiger partial charge in [-0.05, 0) is 44.1 Å². The lowest BCUT2D eigenvalue weighted by Gasteiger charge is -2.26. The van der Waals surface area contributed by atoms with Crippen molar-refractivity contribution in [3.8, 4) is 0 Å². The summed E-state index contributed by atoms with van der Waals surface area (Å²) in [6.45, 7) is 3.91. The van der Waals surface area contributed by atoms with Crippen molar-refractivity contribution in [2.75, 3.05) is 26.2 Å². The Bertz CT molecular complexity index is 427. The van der Waals surface area contributed by atoms with Crippen LogP contribution >= 0.6 is 27.5 Å². The average Bonchev–Trinajstić information content (AvgIpc) is 2.38. The number of likely N-dealkylation sites (tertiary alicyclic amines) is 1. The van der Waals surface area contributed by atoms with Crippen LogP contribution in [-0.2, 0) is 0 Å². The minimum absolute atomic E-state index is 0.0693. The number of benzene rings is 1. The van der Waals surface area contributed by atoms with E-state index in [1.165, 1.54) is 19.3 Å². The lowest BCUT2D eigenvalue weighted by molar-refractivity contribution is 0.0946. The highest BCUT2D eigenvalue weighted by Crippen LogP contribution is 2.19. The summed E-state index contributed by atoms with van der Waals surface area (Å²) < 4.78 is 0.821. The summed E-state index contributed by atoms with van der Waals surface area (Å²) in [6.07, 6.45) is 3.88. The summed E-state index contributed by atoms with van der Waals surface area (Å²) in [5.74, 6) is -0.0693. The molecule has 1 aromatic rings. The van der Waals surface area contributed by atoms with Crippen LogP contribution in [0.15, 0.2) is 22.7 Å². The third-order valence-corrected chi connectivity index (χ3v) is 3.96. The topological polar surface area (TPSA) is 32.3 Å². The number of amides is 1. The van der Waals surface area contributed by atoms with E-state index < -0.39 is 0 Å². The van der Waals surface area contributed by atoms with Crippen molar-refractivity contribution >= 4 is 33.4 Å². The van der Waals surface area contributed by atoms with Gasteiger partial charge in [0, 0.05) is 28.1 Å². The minimum atomic E-state index is -0.0693. The number of carbonyl (C=O) groups excluding carboxylic acids is 1. The van der Waals surface area contributed by atoms with Crippen LogP contribution in [0, 0.1) is 0 Å². The maximum Gasteiger partial charge on any atom is 0.251 e. The largest absolute Gasteiger partial charge is 0.351 e. The van der Waals surface area contributed by atoms with Crippen LogP contribution < -0.4 is 5.32 Å².